The van der Waals surface area contributed by atoms with E-state index in [1.54, 1.807) is 0 Å². The molecule has 0 N–H and O–H groups in total. The fraction of sp³-hybridized carbons (Fsp3) is 0. The van der Waals surface area contributed by atoms with Crippen LogP contribution in [-0.2, 0) is 0 Å². The highest BCUT2D eigenvalue weighted by atomic mass is 15.1. The highest BCUT2D eigenvalue weighted by molar-refractivity contribution is 6.17. The molecule has 0 radical (unpaired) electrons. The van der Waals surface area contributed by atoms with Crippen molar-refractivity contribution in [2.24, 2.45) is 0 Å². The third kappa shape index (κ3) is 6.22. The van der Waals surface area contributed by atoms with Crippen LogP contribution >= 0.6 is 0 Å². The van der Waals surface area contributed by atoms with E-state index in [0.29, 0.717) is 0 Å². The van der Waals surface area contributed by atoms with Crippen LogP contribution in [0.5, 0.6) is 0 Å². The zero-order valence-electron chi connectivity index (χ0n) is 30.3. The van der Waals surface area contributed by atoms with Crippen molar-refractivity contribution < 1.29 is 0 Å². The van der Waals surface area contributed by atoms with Crippen LogP contribution in [0.3, 0.4) is 0 Å². The van der Waals surface area contributed by atoms with Gasteiger partial charge in [-0.15, -0.1) is 0 Å². The van der Waals surface area contributed by atoms with Crippen molar-refractivity contribution in [2.75, 3.05) is 4.90 Å². The van der Waals surface area contributed by atoms with Gasteiger partial charge in [0.05, 0.1) is 0 Å². The molecule has 0 fully saturated rings. The fourth-order valence-electron chi connectivity index (χ4n) is 8.00. The van der Waals surface area contributed by atoms with Gasteiger partial charge in [0, 0.05) is 17.1 Å². The highest BCUT2D eigenvalue weighted by Crippen LogP contribution is 2.39. The maximum atomic E-state index is 2.36. The number of hydrogen-bond acceptors (Lipinski definition) is 1. The van der Waals surface area contributed by atoms with Crippen molar-refractivity contribution in [3.8, 4) is 44.5 Å². The van der Waals surface area contributed by atoms with Crippen LogP contribution in [0.25, 0.3) is 76.8 Å². The Labute approximate surface area is 322 Å². The number of hydrogen-bond donors (Lipinski definition) is 0. The van der Waals surface area contributed by atoms with Gasteiger partial charge in [0.1, 0.15) is 0 Å². The van der Waals surface area contributed by atoms with E-state index in [0.717, 1.165) is 17.1 Å². The molecule has 0 saturated heterocycles. The molecule has 0 aliphatic rings. The first kappa shape index (κ1) is 32.4. The molecule has 0 heterocycles. The number of rotatable bonds is 7. The second-order valence-electron chi connectivity index (χ2n) is 14.2. The summed E-state index contributed by atoms with van der Waals surface area (Å²) in [5, 5.41) is 7.70. The summed E-state index contributed by atoms with van der Waals surface area (Å²) >= 11 is 0. The third-order valence-corrected chi connectivity index (χ3v) is 10.9. The smallest absolute Gasteiger partial charge is 0.0467 e. The Hall–Kier alpha value is -7.22. The molecular formula is C54H37N. The molecule has 0 unspecified atom stereocenters. The van der Waals surface area contributed by atoms with Crippen LogP contribution in [0.4, 0.5) is 17.1 Å². The van der Waals surface area contributed by atoms with Gasteiger partial charge in [-0.25, -0.2) is 0 Å². The van der Waals surface area contributed by atoms with Crippen LogP contribution < -0.4 is 4.90 Å². The summed E-state index contributed by atoms with van der Waals surface area (Å²) in [6.45, 7) is 0. The Morgan fingerprint density at radius 2 is 0.600 bits per heavy atom. The fourth-order valence-corrected chi connectivity index (χ4v) is 8.00. The summed E-state index contributed by atoms with van der Waals surface area (Å²) in [5.41, 5.74) is 12.9. The maximum Gasteiger partial charge on any atom is 0.0467 e. The molecule has 10 aromatic rings. The molecule has 1 heteroatoms. The van der Waals surface area contributed by atoms with E-state index >= 15 is 0 Å². The quantitative estimate of drug-likeness (QED) is 0.150. The van der Waals surface area contributed by atoms with Gasteiger partial charge in [0.2, 0.25) is 0 Å². The van der Waals surface area contributed by atoms with E-state index < -0.39 is 0 Å². The van der Waals surface area contributed by atoms with E-state index in [4.69, 9.17) is 0 Å². The molecule has 10 aromatic carbocycles. The minimum Gasteiger partial charge on any atom is -0.310 e. The predicted molar refractivity (Wildman–Crippen MR) is 235 cm³/mol. The Kier molecular flexibility index (Phi) is 8.24. The Morgan fingerprint density at radius 3 is 1.22 bits per heavy atom. The van der Waals surface area contributed by atoms with Gasteiger partial charge in [0.15, 0.2) is 0 Å². The van der Waals surface area contributed by atoms with Crippen molar-refractivity contribution >= 4 is 49.4 Å². The molecule has 0 aliphatic heterocycles. The van der Waals surface area contributed by atoms with Crippen LogP contribution in [-0.4, -0.2) is 0 Å². The van der Waals surface area contributed by atoms with Crippen molar-refractivity contribution in [1.29, 1.82) is 0 Å². The summed E-state index contributed by atoms with van der Waals surface area (Å²) in [5.74, 6) is 0. The summed E-state index contributed by atoms with van der Waals surface area (Å²) < 4.78 is 0. The van der Waals surface area contributed by atoms with Gasteiger partial charge in [0.25, 0.3) is 0 Å². The lowest BCUT2D eigenvalue weighted by atomic mass is 9.95. The molecule has 0 saturated carbocycles. The second-order valence-corrected chi connectivity index (χ2v) is 14.2. The van der Waals surface area contributed by atoms with Gasteiger partial charge < -0.3 is 4.90 Å². The molecule has 0 spiro atoms. The zero-order chi connectivity index (χ0) is 36.6. The lowest BCUT2D eigenvalue weighted by molar-refractivity contribution is 1.28. The van der Waals surface area contributed by atoms with Gasteiger partial charge >= 0.3 is 0 Å². The Bertz CT molecular complexity index is 2930. The van der Waals surface area contributed by atoms with E-state index in [2.05, 4.69) is 229 Å². The van der Waals surface area contributed by atoms with E-state index in [-0.39, 0.29) is 0 Å². The van der Waals surface area contributed by atoms with E-state index in [9.17, 15) is 0 Å². The summed E-state index contributed by atoms with van der Waals surface area (Å²) in [6, 6.07) is 81.3. The van der Waals surface area contributed by atoms with Crippen molar-refractivity contribution in [3.05, 3.63) is 224 Å². The van der Waals surface area contributed by atoms with Crippen molar-refractivity contribution in [1.82, 2.24) is 0 Å². The molecule has 0 aromatic heterocycles. The lowest BCUT2D eigenvalue weighted by Crippen LogP contribution is -2.10. The molecule has 55 heavy (non-hydrogen) atoms. The molecule has 0 bridgehead atoms. The van der Waals surface area contributed by atoms with Gasteiger partial charge in [-0.1, -0.05) is 182 Å². The van der Waals surface area contributed by atoms with Gasteiger partial charge in [-0.3, -0.25) is 0 Å². The van der Waals surface area contributed by atoms with Crippen LogP contribution in [0, 0.1) is 0 Å². The Balaban J connectivity index is 1.00. The molecule has 0 atom stereocenters. The van der Waals surface area contributed by atoms with Crippen LogP contribution in [0.15, 0.2) is 224 Å². The second kappa shape index (κ2) is 14.0. The topological polar surface area (TPSA) is 3.24 Å². The van der Waals surface area contributed by atoms with E-state index in [1.165, 1.54) is 76.8 Å². The standard InChI is InChI=1S/C54H37N/c1-3-10-38(11-4-1)40-18-20-41(21-19-40)42-22-29-48(30-23-42)55(50-16-9-15-45(37-50)39-12-5-2-6-13-39)49-31-24-43(25-32-49)46-27-33-52-47(36-46)28-35-53-51-17-8-7-14-44(51)26-34-54(52)53/h1-37H. The molecule has 0 amide bonds. The Morgan fingerprint density at radius 1 is 0.200 bits per heavy atom. The number of anilines is 3. The van der Waals surface area contributed by atoms with Crippen molar-refractivity contribution in [2.45, 2.75) is 0 Å². The number of benzene rings is 10. The van der Waals surface area contributed by atoms with Crippen molar-refractivity contribution in [3.63, 3.8) is 0 Å². The first-order valence-electron chi connectivity index (χ1n) is 18.9. The normalized spacial score (nSPS) is 11.3. The summed E-state index contributed by atoms with van der Waals surface area (Å²) in [7, 11) is 0. The molecular weight excluding hydrogens is 663 g/mol. The average molecular weight is 700 g/mol. The largest absolute Gasteiger partial charge is 0.310 e. The van der Waals surface area contributed by atoms with Gasteiger partial charge in [-0.05, 0) is 119 Å². The molecule has 1 nitrogen and oxygen atoms in total. The number of nitrogens with zero attached hydrogens (tertiary/aromatic N) is 1. The minimum atomic E-state index is 1.10. The number of fused-ring (bicyclic) bond motifs is 5. The predicted octanol–water partition coefficient (Wildman–Crippen LogP) is 15.3. The summed E-state index contributed by atoms with van der Waals surface area (Å²) in [6.07, 6.45) is 0. The molecule has 0 aliphatic carbocycles. The highest BCUT2D eigenvalue weighted by Gasteiger charge is 2.15. The van der Waals surface area contributed by atoms with E-state index in [1.807, 2.05) is 0 Å². The van der Waals surface area contributed by atoms with Crippen LogP contribution in [0.1, 0.15) is 0 Å². The lowest BCUT2D eigenvalue weighted by Gasteiger charge is -2.26. The maximum absolute atomic E-state index is 2.36. The first-order valence-corrected chi connectivity index (χ1v) is 18.9. The minimum absolute atomic E-state index is 1.10. The zero-order valence-corrected chi connectivity index (χ0v) is 30.3. The van der Waals surface area contributed by atoms with Crippen LogP contribution in [0.2, 0.25) is 0 Å². The summed E-state index contributed by atoms with van der Waals surface area (Å²) in [4.78, 5) is 2.36. The first-order chi connectivity index (χ1) is 27.2. The average Bonchev–Trinajstić information content (AvgIpc) is 3.27. The van der Waals surface area contributed by atoms with Gasteiger partial charge in [-0.2, -0.15) is 0 Å². The molecule has 10 rings (SSSR count). The SMILES string of the molecule is c1ccc(-c2ccc(-c3ccc(N(c4ccc(-c5ccc6c(ccc7c8ccccc8ccc67)c5)cc4)c4cccc(-c5ccccc5)c4)cc3)cc2)cc1. The molecule has 258 valence electrons. The monoisotopic (exact) mass is 699 g/mol. The third-order valence-electron chi connectivity index (χ3n) is 10.9.